The summed E-state index contributed by atoms with van der Waals surface area (Å²) in [6, 6.07) is 9.27. The van der Waals surface area contributed by atoms with E-state index in [1.54, 1.807) is 17.0 Å². The van der Waals surface area contributed by atoms with Crippen molar-refractivity contribution in [1.29, 1.82) is 0 Å². The van der Waals surface area contributed by atoms with E-state index in [2.05, 4.69) is 10.1 Å². The highest BCUT2D eigenvalue weighted by Gasteiger charge is 2.36. The summed E-state index contributed by atoms with van der Waals surface area (Å²) in [6.45, 7) is 2.13. The normalized spacial score (nSPS) is 13.1. The van der Waals surface area contributed by atoms with E-state index < -0.39 is 17.2 Å². The van der Waals surface area contributed by atoms with Gasteiger partial charge in [-0.05, 0) is 30.7 Å². The number of thioether (sulfide) groups is 1. The van der Waals surface area contributed by atoms with Gasteiger partial charge in [-0.2, -0.15) is 5.10 Å². The van der Waals surface area contributed by atoms with Crippen molar-refractivity contribution >= 4 is 28.3 Å². The van der Waals surface area contributed by atoms with Crippen LogP contribution >= 0.6 is 24.0 Å². The zero-order valence-corrected chi connectivity index (χ0v) is 18.3. The third-order valence-electron chi connectivity index (χ3n) is 4.67. The maximum absolute atomic E-state index is 14.6. The number of rotatable bonds is 8. The lowest BCUT2D eigenvalue weighted by atomic mass is 9.92. The molecule has 2 aromatic carbocycles. The summed E-state index contributed by atoms with van der Waals surface area (Å²) >= 11 is 6.83. The Balaban J connectivity index is 1.81. The summed E-state index contributed by atoms with van der Waals surface area (Å²) in [4.78, 5) is 5.58. The molecule has 0 radical (unpaired) electrons. The molecule has 1 N–H and O–H groups in total. The summed E-state index contributed by atoms with van der Waals surface area (Å²) in [5, 5.41) is 15.5. The van der Waals surface area contributed by atoms with Gasteiger partial charge in [0.2, 0.25) is 0 Å². The highest BCUT2D eigenvalue weighted by Crippen LogP contribution is 2.29. The maximum Gasteiger partial charge on any atom is 0.137 e. The van der Waals surface area contributed by atoms with Crippen LogP contribution in [0.15, 0.2) is 55.1 Å². The first-order chi connectivity index (χ1) is 14.8. The predicted molar refractivity (Wildman–Crippen MR) is 118 cm³/mol. The molecule has 3 rings (SSSR count). The quantitative estimate of drug-likeness (QED) is 0.504. The second kappa shape index (κ2) is 10.3. The maximum atomic E-state index is 14.6. The van der Waals surface area contributed by atoms with Crippen LogP contribution in [0.4, 0.5) is 13.2 Å². The zero-order chi connectivity index (χ0) is 22.4. The van der Waals surface area contributed by atoms with E-state index in [0.29, 0.717) is 16.6 Å². The number of thiocarbonyl (C=S) groups is 1. The molecule has 1 atom stereocenters. The van der Waals surface area contributed by atoms with Crippen molar-refractivity contribution in [3.63, 3.8) is 0 Å². The first kappa shape index (κ1) is 23.2. The molecule has 1 heterocycles. The minimum absolute atomic E-state index is 0.0547. The van der Waals surface area contributed by atoms with Gasteiger partial charge in [0.25, 0.3) is 0 Å². The monoisotopic (exact) mass is 466 g/mol. The van der Waals surface area contributed by atoms with E-state index in [1.165, 1.54) is 47.3 Å². The van der Waals surface area contributed by atoms with Gasteiger partial charge in [-0.1, -0.05) is 42.2 Å². The summed E-state index contributed by atoms with van der Waals surface area (Å²) in [7, 11) is 0. The van der Waals surface area contributed by atoms with Gasteiger partial charge in [-0.3, -0.25) is 0 Å². The minimum atomic E-state index is -1.76. The zero-order valence-electron chi connectivity index (χ0n) is 16.7. The Morgan fingerprint density at radius 1 is 1.19 bits per heavy atom. The standard InChI is InChI=1S/C21H21F3N4OS2/c1-2-27(20(30)31-10-15-4-3-5-16(22)8-15)11-21(29,12-28-14-25-13-26-28)18-7-6-17(23)9-19(18)24/h3-9,13-14,29H,2,10-12H2,1H3. The van der Waals surface area contributed by atoms with Crippen molar-refractivity contribution in [2.24, 2.45) is 0 Å². The SMILES string of the molecule is CCN(CC(O)(Cn1cncn1)c1ccc(F)cc1F)C(=S)SCc1cccc(F)c1. The number of hydrogen-bond acceptors (Lipinski definition) is 5. The van der Waals surface area contributed by atoms with Crippen molar-refractivity contribution < 1.29 is 18.3 Å². The van der Waals surface area contributed by atoms with Gasteiger partial charge in [0.1, 0.15) is 40.0 Å². The van der Waals surface area contributed by atoms with E-state index >= 15 is 0 Å². The summed E-state index contributed by atoms with van der Waals surface area (Å²) in [6.07, 6.45) is 2.71. The molecule has 10 heteroatoms. The van der Waals surface area contributed by atoms with E-state index in [9.17, 15) is 18.3 Å². The molecular formula is C21H21F3N4OS2. The topological polar surface area (TPSA) is 54.2 Å². The van der Waals surface area contributed by atoms with Crippen molar-refractivity contribution in [2.75, 3.05) is 13.1 Å². The van der Waals surface area contributed by atoms with Gasteiger partial charge >= 0.3 is 0 Å². The van der Waals surface area contributed by atoms with Gasteiger partial charge in [-0.25, -0.2) is 22.8 Å². The third kappa shape index (κ3) is 6.05. The number of hydrogen-bond donors (Lipinski definition) is 1. The Morgan fingerprint density at radius 2 is 1.97 bits per heavy atom. The molecule has 0 spiro atoms. The van der Waals surface area contributed by atoms with Crippen molar-refractivity contribution in [3.05, 3.63) is 83.7 Å². The van der Waals surface area contributed by atoms with Crippen LogP contribution < -0.4 is 0 Å². The van der Waals surface area contributed by atoms with Crippen molar-refractivity contribution in [1.82, 2.24) is 19.7 Å². The Morgan fingerprint density at radius 3 is 2.61 bits per heavy atom. The average molecular weight is 467 g/mol. The van der Waals surface area contributed by atoms with Crippen LogP contribution in [0.1, 0.15) is 18.1 Å². The van der Waals surface area contributed by atoms with Crippen LogP contribution in [0, 0.1) is 17.5 Å². The molecule has 0 saturated heterocycles. The van der Waals surface area contributed by atoms with Crippen LogP contribution in [0.2, 0.25) is 0 Å². The van der Waals surface area contributed by atoms with Gasteiger partial charge < -0.3 is 10.0 Å². The summed E-state index contributed by atoms with van der Waals surface area (Å²) < 4.78 is 43.3. The van der Waals surface area contributed by atoms with Crippen molar-refractivity contribution in [3.8, 4) is 0 Å². The molecule has 1 aromatic heterocycles. The van der Waals surface area contributed by atoms with Crippen LogP contribution in [0.5, 0.6) is 0 Å². The number of likely N-dealkylation sites (N-methyl/N-ethyl adjacent to an activating group) is 1. The average Bonchev–Trinajstić information content (AvgIpc) is 3.23. The van der Waals surface area contributed by atoms with Crippen LogP contribution in [0.25, 0.3) is 0 Å². The van der Waals surface area contributed by atoms with E-state index in [-0.39, 0.29) is 24.5 Å². The number of nitrogens with zero attached hydrogens (tertiary/aromatic N) is 4. The first-order valence-corrected chi connectivity index (χ1v) is 10.9. The Labute approximate surface area is 187 Å². The molecule has 31 heavy (non-hydrogen) atoms. The molecule has 164 valence electrons. The molecule has 3 aromatic rings. The highest BCUT2D eigenvalue weighted by atomic mass is 32.2. The number of aliphatic hydroxyl groups is 1. The lowest BCUT2D eigenvalue weighted by Crippen LogP contribution is -2.46. The fourth-order valence-corrected chi connectivity index (χ4v) is 4.37. The fraction of sp³-hybridized carbons (Fsp3) is 0.286. The second-order valence-electron chi connectivity index (χ2n) is 6.95. The van der Waals surface area contributed by atoms with Crippen LogP contribution in [0.3, 0.4) is 0 Å². The molecular weight excluding hydrogens is 445 g/mol. The van der Waals surface area contributed by atoms with Crippen LogP contribution in [-0.4, -0.2) is 42.2 Å². The van der Waals surface area contributed by atoms with Crippen LogP contribution in [-0.2, 0) is 17.9 Å². The summed E-state index contributed by atoms with van der Waals surface area (Å²) in [5.74, 6) is -1.49. The molecule has 0 aliphatic carbocycles. The molecule has 0 fully saturated rings. The smallest absolute Gasteiger partial charge is 0.137 e. The lowest BCUT2D eigenvalue weighted by Gasteiger charge is -2.35. The van der Waals surface area contributed by atoms with E-state index in [0.717, 1.165) is 17.7 Å². The Kier molecular flexibility index (Phi) is 7.69. The molecule has 0 amide bonds. The Hall–Kier alpha value is -2.43. The third-order valence-corrected chi connectivity index (χ3v) is 6.26. The number of halogens is 3. The lowest BCUT2D eigenvalue weighted by molar-refractivity contribution is -0.00542. The fourth-order valence-electron chi connectivity index (χ4n) is 3.15. The molecule has 0 saturated carbocycles. The Bertz CT molecular complexity index is 1040. The highest BCUT2D eigenvalue weighted by molar-refractivity contribution is 8.22. The van der Waals surface area contributed by atoms with Gasteiger partial charge in [0.15, 0.2) is 0 Å². The molecule has 1 unspecified atom stereocenters. The number of aromatic nitrogens is 3. The predicted octanol–water partition coefficient (Wildman–Crippen LogP) is 4.12. The molecule has 5 nitrogen and oxygen atoms in total. The van der Waals surface area contributed by atoms with Gasteiger partial charge in [0.05, 0.1) is 13.1 Å². The van der Waals surface area contributed by atoms with E-state index in [4.69, 9.17) is 12.2 Å². The van der Waals surface area contributed by atoms with Crippen molar-refractivity contribution in [2.45, 2.75) is 24.8 Å². The largest absolute Gasteiger partial charge is 0.381 e. The first-order valence-electron chi connectivity index (χ1n) is 9.47. The summed E-state index contributed by atoms with van der Waals surface area (Å²) in [5.41, 5.74) is -1.06. The minimum Gasteiger partial charge on any atom is -0.381 e. The van der Waals surface area contributed by atoms with Gasteiger partial charge in [0, 0.05) is 23.9 Å². The van der Waals surface area contributed by atoms with Gasteiger partial charge in [-0.15, -0.1) is 0 Å². The molecule has 0 bridgehead atoms. The molecule has 0 aliphatic heterocycles. The molecule has 0 aliphatic rings. The second-order valence-corrected chi connectivity index (χ2v) is 8.56. The van der Waals surface area contributed by atoms with E-state index in [1.807, 2.05) is 6.92 Å². The number of benzene rings is 2.